The second kappa shape index (κ2) is 8.51. The number of hydrogen-bond donors (Lipinski definition) is 1. The molecule has 4 rings (SSSR count). The van der Waals surface area contributed by atoms with Gasteiger partial charge in [0.25, 0.3) is 0 Å². The first kappa shape index (κ1) is 21.6. The molecule has 1 atom stereocenters. The summed E-state index contributed by atoms with van der Waals surface area (Å²) >= 11 is 0. The second-order valence-corrected chi connectivity index (χ2v) is 9.11. The molecule has 0 radical (unpaired) electrons. The number of hydrogen-bond acceptors (Lipinski definition) is 10. The zero-order valence-electron chi connectivity index (χ0n) is 19.2. The van der Waals surface area contributed by atoms with Gasteiger partial charge in [-0.1, -0.05) is 0 Å². The Kier molecular flexibility index (Phi) is 5.94. The predicted molar refractivity (Wildman–Crippen MR) is 121 cm³/mol. The van der Waals surface area contributed by atoms with Gasteiger partial charge in [-0.2, -0.15) is 15.0 Å². The smallest absolute Gasteiger partial charge is 0.230 e. The second-order valence-electron chi connectivity index (χ2n) is 9.11. The van der Waals surface area contributed by atoms with Crippen molar-refractivity contribution < 1.29 is 5.11 Å². The number of piperazine rings is 2. The summed E-state index contributed by atoms with van der Waals surface area (Å²) < 4.78 is 0. The molecule has 0 saturated carbocycles. The summed E-state index contributed by atoms with van der Waals surface area (Å²) in [4.78, 5) is 31.9. The van der Waals surface area contributed by atoms with Crippen molar-refractivity contribution in [3.63, 3.8) is 0 Å². The van der Waals surface area contributed by atoms with E-state index in [1.807, 2.05) is 13.0 Å². The lowest BCUT2D eigenvalue weighted by atomic mass is 9.99. The van der Waals surface area contributed by atoms with Gasteiger partial charge in [0.05, 0.1) is 5.54 Å². The van der Waals surface area contributed by atoms with Gasteiger partial charge in [0.2, 0.25) is 11.9 Å². The Hall–Kier alpha value is -2.59. The van der Waals surface area contributed by atoms with Crippen LogP contribution in [0.25, 0.3) is 0 Å². The number of aliphatic hydroxyl groups excluding tert-OH is 1. The lowest BCUT2D eigenvalue weighted by molar-refractivity contribution is 0.188. The fourth-order valence-electron chi connectivity index (χ4n) is 4.21. The van der Waals surface area contributed by atoms with Crippen molar-refractivity contribution in [2.24, 2.45) is 0 Å². The van der Waals surface area contributed by atoms with Crippen molar-refractivity contribution in [2.75, 3.05) is 67.6 Å². The highest BCUT2D eigenvalue weighted by Crippen LogP contribution is 2.29. The van der Waals surface area contributed by atoms with Crippen LogP contribution in [0, 0.1) is 6.92 Å². The number of aromatic nitrogens is 5. The number of aliphatic hydroxyl groups is 1. The molecule has 1 unspecified atom stereocenters. The van der Waals surface area contributed by atoms with Gasteiger partial charge >= 0.3 is 0 Å². The average molecular weight is 428 g/mol. The Morgan fingerprint density at radius 1 is 0.935 bits per heavy atom. The van der Waals surface area contributed by atoms with E-state index in [1.54, 1.807) is 13.1 Å². The molecule has 10 heteroatoms. The molecule has 0 spiro atoms. The molecule has 168 valence electrons. The lowest BCUT2D eigenvalue weighted by Crippen LogP contribution is -2.60. The maximum absolute atomic E-state index is 9.86. The molecule has 1 N–H and O–H groups in total. The molecule has 2 aromatic rings. The van der Waals surface area contributed by atoms with Crippen LogP contribution in [0.1, 0.15) is 38.5 Å². The van der Waals surface area contributed by atoms with E-state index in [9.17, 15) is 5.11 Å². The SMILES string of the molecule is Cc1nc(N2CCN(C)CC2)nc(N2CCN(c3ccnc(C(C)O)n3)C(C)(C)C2)n1. The highest BCUT2D eigenvalue weighted by Gasteiger charge is 2.36. The predicted octanol–water partition coefficient (Wildman–Crippen LogP) is 0.880. The molecule has 0 amide bonds. The maximum atomic E-state index is 9.86. The van der Waals surface area contributed by atoms with Crippen molar-refractivity contribution >= 4 is 17.7 Å². The minimum Gasteiger partial charge on any atom is -0.385 e. The van der Waals surface area contributed by atoms with E-state index < -0.39 is 6.10 Å². The zero-order chi connectivity index (χ0) is 22.2. The van der Waals surface area contributed by atoms with Gasteiger partial charge in [-0.05, 0) is 40.8 Å². The Balaban J connectivity index is 1.53. The van der Waals surface area contributed by atoms with Gasteiger partial charge in [-0.15, -0.1) is 0 Å². The summed E-state index contributed by atoms with van der Waals surface area (Å²) in [5.74, 6) is 3.53. The van der Waals surface area contributed by atoms with E-state index in [1.165, 1.54) is 0 Å². The number of rotatable bonds is 4. The summed E-state index contributed by atoms with van der Waals surface area (Å²) in [6.45, 7) is 14.2. The Bertz CT molecular complexity index is 911. The normalized spacial score (nSPS) is 20.8. The Morgan fingerprint density at radius 2 is 1.58 bits per heavy atom. The third-order valence-corrected chi connectivity index (χ3v) is 6.00. The van der Waals surface area contributed by atoms with Gasteiger partial charge < -0.3 is 24.7 Å². The van der Waals surface area contributed by atoms with E-state index in [-0.39, 0.29) is 5.54 Å². The molecule has 2 aliphatic heterocycles. The van der Waals surface area contributed by atoms with Gasteiger partial charge in [0.15, 0.2) is 5.82 Å². The van der Waals surface area contributed by atoms with Crippen molar-refractivity contribution in [1.29, 1.82) is 0 Å². The third-order valence-electron chi connectivity index (χ3n) is 6.00. The number of nitrogens with zero attached hydrogens (tertiary/aromatic N) is 9. The van der Waals surface area contributed by atoms with Gasteiger partial charge in [-0.3, -0.25) is 0 Å². The molecule has 0 bridgehead atoms. The quantitative estimate of drug-likeness (QED) is 0.757. The average Bonchev–Trinajstić information content (AvgIpc) is 2.73. The fraction of sp³-hybridized carbons (Fsp3) is 0.667. The summed E-state index contributed by atoms with van der Waals surface area (Å²) in [7, 11) is 2.14. The molecule has 2 fully saturated rings. The summed E-state index contributed by atoms with van der Waals surface area (Å²) in [6, 6.07) is 1.90. The van der Waals surface area contributed by atoms with Crippen molar-refractivity contribution in [1.82, 2.24) is 29.8 Å². The van der Waals surface area contributed by atoms with Crippen LogP contribution in [-0.2, 0) is 0 Å². The molecule has 2 aliphatic rings. The van der Waals surface area contributed by atoms with Crippen LogP contribution < -0.4 is 14.7 Å². The number of likely N-dealkylation sites (N-methyl/N-ethyl adjacent to an activating group) is 1. The van der Waals surface area contributed by atoms with E-state index in [0.717, 1.165) is 69.4 Å². The summed E-state index contributed by atoms with van der Waals surface area (Å²) in [5, 5.41) is 9.86. The number of aryl methyl sites for hydroxylation is 1. The fourth-order valence-corrected chi connectivity index (χ4v) is 4.21. The highest BCUT2D eigenvalue weighted by atomic mass is 16.3. The minimum absolute atomic E-state index is 0.197. The van der Waals surface area contributed by atoms with E-state index in [2.05, 4.69) is 60.4 Å². The first-order valence-corrected chi connectivity index (χ1v) is 10.9. The van der Waals surface area contributed by atoms with E-state index in [0.29, 0.717) is 5.82 Å². The van der Waals surface area contributed by atoms with Crippen LogP contribution in [0.3, 0.4) is 0 Å². The molecule has 0 aromatic carbocycles. The molecule has 2 aromatic heterocycles. The molecule has 10 nitrogen and oxygen atoms in total. The molecule has 4 heterocycles. The van der Waals surface area contributed by atoms with Crippen LogP contribution in [0.4, 0.5) is 17.7 Å². The minimum atomic E-state index is -0.689. The van der Waals surface area contributed by atoms with Crippen molar-refractivity contribution in [2.45, 2.75) is 39.3 Å². The van der Waals surface area contributed by atoms with Crippen LogP contribution in [0.2, 0.25) is 0 Å². The summed E-state index contributed by atoms with van der Waals surface area (Å²) in [6.07, 6.45) is 1.02. The van der Waals surface area contributed by atoms with Crippen LogP contribution in [0.5, 0.6) is 0 Å². The first-order valence-electron chi connectivity index (χ1n) is 10.9. The molecular formula is C21H33N9O. The van der Waals surface area contributed by atoms with Crippen molar-refractivity contribution in [3.8, 4) is 0 Å². The molecule has 0 aliphatic carbocycles. The molecule has 31 heavy (non-hydrogen) atoms. The Labute approximate surface area is 184 Å². The standard InChI is InChI=1S/C21H33N9O/c1-15(31)18-22-7-6-17(25-18)30-13-12-29(14-21(30,3)4)20-24-16(2)23-19(26-20)28-10-8-27(5)9-11-28/h6-7,15,31H,8-14H2,1-5H3. The van der Waals surface area contributed by atoms with Crippen LogP contribution >= 0.6 is 0 Å². The monoisotopic (exact) mass is 427 g/mol. The Morgan fingerprint density at radius 3 is 2.23 bits per heavy atom. The van der Waals surface area contributed by atoms with Gasteiger partial charge in [-0.25, -0.2) is 9.97 Å². The summed E-state index contributed by atoms with van der Waals surface area (Å²) in [5.41, 5.74) is -0.197. The topological polar surface area (TPSA) is 97.6 Å². The number of anilines is 3. The third kappa shape index (κ3) is 4.69. The van der Waals surface area contributed by atoms with Crippen LogP contribution in [0.15, 0.2) is 12.3 Å². The largest absolute Gasteiger partial charge is 0.385 e. The first-order chi connectivity index (χ1) is 14.7. The molecular weight excluding hydrogens is 394 g/mol. The maximum Gasteiger partial charge on any atom is 0.230 e. The van der Waals surface area contributed by atoms with Gasteiger partial charge in [0, 0.05) is 52.0 Å². The zero-order valence-corrected chi connectivity index (χ0v) is 19.2. The molecule has 2 saturated heterocycles. The van der Waals surface area contributed by atoms with E-state index in [4.69, 9.17) is 4.98 Å². The van der Waals surface area contributed by atoms with Crippen molar-refractivity contribution in [3.05, 3.63) is 23.9 Å². The lowest BCUT2D eigenvalue weighted by Gasteiger charge is -2.47. The highest BCUT2D eigenvalue weighted by molar-refractivity contribution is 5.47. The van der Waals surface area contributed by atoms with Crippen LogP contribution in [-0.4, -0.2) is 93.3 Å². The van der Waals surface area contributed by atoms with E-state index >= 15 is 0 Å². The van der Waals surface area contributed by atoms with Gasteiger partial charge in [0.1, 0.15) is 17.7 Å².